The molecule has 2 heterocycles. The molecule has 0 aromatic carbocycles. The van der Waals surface area contributed by atoms with Crippen LogP contribution in [0, 0.1) is 6.92 Å². The van der Waals surface area contributed by atoms with Gasteiger partial charge in [0, 0.05) is 26.2 Å². The summed E-state index contributed by atoms with van der Waals surface area (Å²) in [6.45, 7) is 9.13. The van der Waals surface area contributed by atoms with Crippen molar-refractivity contribution in [1.29, 1.82) is 0 Å². The van der Waals surface area contributed by atoms with Gasteiger partial charge in [-0.15, -0.1) is 0 Å². The molecule has 2 rings (SSSR count). The number of nitrogens with zero attached hydrogens (tertiary/aromatic N) is 2. The Balaban J connectivity index is 2.17. The van der Waals surface area contributed by atoms with Crippen molar-refractivity contribution in [3.63, 3.8) is 0 Å². The van der Waals surface area contributed by atoms with Gasteiger partial charge in [-0.25, -0.2) is 4.98 Å². The molecule has 1 aromatic rings. The van der Waals surface area contributed by atoms with E-state index < -0.39 is 5.54 Å². The number of anilines is 1. The summed E-state index contributed by atoms with van der Waals surface area (Å²) in [5.41, 5.74) is 0.705. The molecule has 1 aromatic heterocycles. The number of pyridine rings is 1. The number of aromatic nitrogens is 1. The van der Waals surface area contributed by atoms with E-state index in [0.29, 0.717) is 10.8 Å². The molecule has 116 valence electrons. The second kappa shape index (κ2) is 6.48. The normalized spacial score (nSPS) is 16.8. The molecular weight excluding hydrogens is 311 g/mol. The van der Waals surface area contributed by atoms with Crippen molar-refractivity contribution in [2.45, 2.75) is 26.3 Å². The monoisotopic (exact) mass is 330 g/mol. The maximum absolute atomic E-state index is 12.6. The Morgan fingerprint density at radius 3 is 2.57 bits per heavy atom. The lowest BCUT2D eigenvalue weighted by atomic mass is 10.00. The highest BCUT2D eigenvalue weighted by Crippen LogP contribution is 2.28. The molecule has 7 heteroatoms. The summed E-state index contributed by atoms with van der Waals surface area (Å²) in [5, 5.41) is 6.70. The molecule has 0 atom stereocenters. The number of carbonyl (C=O) groups is 1. The SMILES string of the molecule is Cc1cc(Cl)nc(Cl)c1NC(=O)C(C)(C)N1CCNCC1. The molecule has 0 saturated carbocycles. The van der Waals surface area contributed by atoms with E-state index >= 15 is 0 Å². The molecule has 1 fully saturated rings. The summed E-state index contributed by atoms with van der Waals surface area (Å²) in [7, 11) is 0. The second-order valence-electron chi connectivity index (χ2n) is 5.68. The van der Waals surface area contributed by atoms with Crippen LogP contribution in [-0.4, -0.2) is 47.5 Å². The van der Waals surface area contributed by atoms with Crippen molar-refractivity contribution < 1.29 is 4.79 Å². The first-order chi connectivity index (χ1) is 9.82. The molecule has 0 unspecified atom stereocenters. The number of nitrogens with one attached hydrogen (secondary N) is 2. The molecular formula is C14H20Cl2N4O. The van der Waals surface area contributed by atoms with Gasteiger partial charge in [0.1, 0.15) is 5.15 Å². The quantitative estimate of drug-likeness (QED) is 0.835. The van der Waals surface area contributed by atoms with Gasteiger partial charge in [-0.3, -0.25) is 9.69 Å². The van der Waals surface area contributed by atoms with Crippen molar-refractivity contribution in [3.05, 3.63) is 21.9 Å². The van der Waals surface area contributed by atoms with Gasteiger partial charge in [-0.05, 0) is 32.4 Å². The topological polar surface area (TPSA) is 57.3 Å². The zero-order valence-electron chi connectivity index (χ0n) is 12.5. The van der Waals surface area contributed by atoms with Crippen molar-refractivity contribution in [1.82, 2.24) is 15.2 Å². The lowest BCUT2D eigenvalue weighted by Crippen LogP contribution is -2.58. The van der Waals surface area contributed by atoms with Gasteiger partial charge < -0.3 is 10.6 Å². The highest BCUT2D eigenvalue weighted by atomic mass is 35.5. The van der Waals surface area contributed by atoms with E-state index in [0.717, 1.165) is 31.7 Å². The third-order valence-corrected chi connectivity index (χ3v) is 4.31. The van der Waals surface area contributed by atoms with Crippen LogP contribution in [0.5, 0.6) is 0 Å². The Labute approximate surface area is 135 Å². The molecule has 21 heavy (non-hydrogen) atoms. The Morgan fingerprint density at radius 2 is 2.00 bits per heavy atom. The van der Waals surface area contributed by atoms with Gasteiger partial charge in [0.2, 0.25) is 5.91 Å². The summed E-state index contributed by atoms with van der Waals surface area (Å²) in [6.07, 6.45) is 0. The fourth-order valence-corrected chi connectivity index (χ4v) is 2.96. The predicted molar refractivity (Wildman–Crippen MR) is 86.1 cm³/mol. The van der Waals surface area contributed by atoms with Crippen LogP contribution in [0.1, 0.15) is 19.4 Å². The Kier molecular flexibility index (Phi) is 5.09. The number of halogens is 2. The van der Waals surface area contributed by atoms with E-state index in [4.69, 9.17) is 23.2 Å². The summed E-state index contributed by atoms with van der Waals surface area (Å²) in [4.78, 5) is 18.8. The highest BCUT2D eigenvalue weighted by molar-refractivity contribution is 6.34. The van der Waals surface area contributed by atoms with Gasteiger partial charge in [0.05, 0.1) is 11.2 Å². The Bertz CT molecular complexity index is 519. The Hall–Kier alpha value is -0.880. The van der Waals surface area contributed by atoms with Gasteiger partial charge in [0.15, 0.2) is 5.15 Å². The fraction of sp³-hybridized carbons (Fsp3) is 0.571. The number of aryl methyl sites for hydroxylation is 1. The first kappa shape index (κ1) is 16.5. The first-order valence-electron chi connectivity index (χ1n) is 6.92. The molecule has 0 aliphatic carbocycles. The van der Waals surface area contributed by atoms with Gasteiger partial charge in [-0.1, -0.05) is 23.2 Å². The number of hydrogen-bond donors (Lipinski definition) is 2. The van der Waals surface area contributed by atoms with Crippen molar-refractivity contribution >= 4 is 34.8 Å². The molecule has 1 amide bonds. The van der Waals surface area contributed by atoms with Crippen LogP contribution in [0.2, 0.25) is 10.3 Å². The van der Waals surface area contributed by atoms with Crippen LogP contribution in [0.25, 0.3) is 0 Å². The smallest absolute Gasteiger partial charge is 0.244 e. The maximum atomic E-state index is 12.6. The average Bonchev–Trinajstić information content (AvgIpc) is 2.43. The Morgan fingerprint density at radius 1 is 1.38 bits per heavy atom. The maximum Gasteiger partial charge on any atom is 0.244 e. The lowest BCUT2D eigenvalue weighted by Gasteiger charge is -2.39. The van der Waals surface area contributed by atoms with Crippen LogP contribution in [0.15, 0.2) is 6.07 Å². The lowest BCUT2D eigenvalue weighted by molar-refractivity contribution is -0.126. The summed E-state index contributed by atoms with van der Waals surface area (Å²) in [6, 6.07) is 1.68. The largest absolute Gasteiger partial charge is 0.322 e. The average molecular weight is 331 g/mol. The molecule has 0 bridgehead atoms. The van der Waals surface area contributed by atoms with Crippen molar-refractivity contribution in [3.8, 4) is 0 Å². The standard InChI is InChI=1S/C14H20Cl2N4O/c1-9-8-10(15)18-12(16)11(9)19-13(21)14(2,3)20-6-4-17-5-7-20/h8,17H,4-7H2,1-3H3,(H,19,21). The van der Waals surface area contributed by atoms with Crippen LogP contribution in [-0.2, 0) is 4.79 Å². The minimum absolute atomic E-state index is 0.0986. The van der Waals surface area contributed by atoms with Crippen LogP contribution in [0.3, 0.4) is 0 Å². The molecule has 1 aliphatic heterocycles. The van der Waals surface area contributed by atoms with E-state index in [9.17, 15) is 4.79 Å². The van der Waals surface area contributed by atoms with Gasteiger partial charge >= 0.3 is 0 Å². The number of rotatable bonds is 3. The summed E-state index contributed by atoms with van der Waals surface area (Å²) >= 11 is 11.9. The van der Waals surface area contributed by atoms with Crippen molar-refractivity contribution in [2.24, 2.45) is 0 Å². The van der Waals surface area contributed by atoms with E-state index in [1.54, 1.807) is 6.07 Å². The van der Waals surface area contributed by atoms with Crippen LogP contribution in [0.4, 0.5) is 5.69 Å². The van der Waals surface area contributed by atoms with E-state index in [1.807, 2.05) is 20.8 Å². The van der Waals surface area contributed by atoms with E-state index in [-0.39, 0.29) is 11.1 Å². The van der Waals surface area contributed by atoms with Crippen LogP contribution < -0.4 is 10.6 Å². The molecule has 1 aliphatic rings. The minimum Gasteiger partial charge on any atom is -0.322 e. The molecule has 0 radical (unpaired) electrons. The minimum atomic E-state index is -0.614. The molecule has 0 spiro atoms. The summed E-state index contributed by atoms with van der Waals surface area (Å²) in [5.74, 6) is -0.0986. The molecule has 2 N–H and O–H groups in total. The summed E-state index contributed by atoms with van der Waals surface area (Å²) < 4.78 is 0. The zero-order chi connectivity index (χ0) is 15.6. The molecule has 5 nitrogen and oxygen atoms in total. The second-order valence-corrected chi connectivity index (χ2v) is 6.42. The number of hydrogen-bond acceptors (Lipinski definition) is 4. The third-order valence-electron chi connectivity index (χ3n) is 3.84. The number of piperazine rings is 1. The van der Waals surface area contributed by atoms with Crippen molar-refractivity contribution in [2.75, 3.05) is 31.5 Å². The third kappa shape index (κ3) is 3.66. The number of amides is 1. The zero-order valence-corrected chi connectivity index (χ0v) is 14.0. The van der Waals surface area contributed by atoms with Crippen LogP contribution >= 0.6 is 23.2 Å². The first-order valence-corrected chi connectivity index (χ1v) is 7.68. The van der Waals surface area contributed by atoms with Gasteiger partial charge in [-0.2, -0.15) is 0 Å². The fourth-order valence-electron chi connectivity index (χ4n) is 2.38. The van der Waals surface area contributed by atoms with E-state index in [1.165, 1.54) is 0 Å². The predicted octanol–water partition coefficient (Wildman–Crippen LogP) is 2.32. The number of carbonyl (C=O) groups excluding carboxylic acids is 1. The van der Waals surface area contributed by atoms with E-state index in [2.05, 4.69) is 20.5 Å². The highest BCUT2D eigenvalue weighted by Gasteiger charge is 2.35. The molecule has 1 saturated heterocycles. The van der Waals surface area contributed by atoms with Gasteiger partial charge in [0.25, 0.3) is 0 Å².